The van der Waals surface area contributed by atoms with Crippen LogP contribution in [0.15, 0.2) is 28.7 Å². The van der Waals surface area contributed by atoms with Gasteiger partial charge in [0.25, 0.3) is 0 Å². The van der Waals surface area contributed by atoms with Gasteiger partial charge in [0, 0.05) is 0 Å². The van der Waals surface area contributed by atoms with E-state index >= 15 is 0 Å². The summed E-state index contributed by atoms with van der Waals surface area (Å²) >= 11 is 0. The highest BCUT2D eigenvalue weighted by Gasteiger charge is 2.18. The van der Waals surface area contributed by atoms with Crippen LogP contribution < -0.4 is 0 Å². The second-order valence-electron chi connectivity index (χ2n) is 4.28. The van der Waals surface area contributed by atoms with E-state index in [0.717, 1.165) is 5.52 Å². The van der Waals surface area contributed by atoms with E-state index in [9.17, 15) is 4.79 Å². The topological polar surface area (TPSA) is 94.0 Å². The predicted octanol–water partition coefficient (Wildman–Crippen LogP) is 1.73. The number of carbonyl (C=O) groups is 1. The van der Waals surface area contributed by atoms with E-state index in [4.69, 9.17) is 9.52 Å². The number of carboxylic acids is 1. The third-order valence-corrected chi connectivity index (χ3v) is 3.00. The molecule has 0 aliphatic rings. The number of oxazole rings is 1. The van der Waals surface area contributed by atoms with Crippen LogP contribution in [-0.4, -0.2) is 31.1 Å². The first-order valence-electron chi connectivity index (χ1n) is 6.19. The fourth-order valence-corrected chi connectivity index (χ4v) is 2.09. The Balaban J connectivity index is 1.96. The maximum Gasteiger partial charge on any atom is 0.358 e. The van der Waals surface area contributed by atoms with Crippen molar-refractivity contribution in [2.45, 2.75) is 19.9 Å². The summed E-state index contributed by atoms with van der Waals surface area (Å²) in [6.45, 7) is 2.12. The molecule has 7 nitrogen and oxygen atoms in total. The standard InChI is InChI=1S/C13H12N4O3/c1-2-9-12(13(18)19)15-16-17(9)7-11-14-8-5-3-4-6-10(8)20-11/h3-6H,2,7H2,1H3,(H,18,19). The van der Waals surface area contributed by atoms with Gasteiger partial charge in [-0.3, -0.25) is 0 Å². The fraction of sp³-hybridized carbons (Fsp3) is 0.231. The van der Waals surface area contributed by atoms with Crippen molar-refractivity contribution >= 4 is 17.1 Å². The van der Waals surface area contributed by atoms with E-state index in [-0.39, 0.29) is 12.2 Å². The van der Waals surface area contributed by atoms with Crippen molar-refractivity contribution in [1.29, 1.82) is 0 Å². The van der Waals surface area contributed by atoms with Crippen molar-refractivity contribution in [2.24, 2.45) is 0 Å². The maximum atomic E-state index is 11.0. The monoisotopic (exact) mass is 272 g/mol. The molecule has 0 saturated carbocycles. The lowest BCUT2D eigenvalue weighted by molar-refractivity contribution is 0.0689. The number of aromatic carboxylic acids is 1. The predicted molar refractivity (Wildman–Crippen MR) is 69.5 cm³/mol. The summed E-state index contributed by atoms with van der Waals surface area (Å²) in [5.41, 5.74) is 1.99. The lowest BCUT2D eigenvalue weighted by Crippen LogP contribution is -2.08. The zero-order valence-electron chi connectivity index (χ0n) is 10.8. The molecule has 3 rings (SSSR count). The Morgan fingerprint density at radius 1 is 1.40 bits per heavy atom. The van der Waals surface area contributed by atoms with Gasteiger partial charge in [-0.15, -0.1) is 5.10 Å². The lowest BCUT2D eigenvalue weighted by Gasteiger charge is -2.01. The van der Waals surface area contributed by atoms with Crippen LogP contribution in [0.4, 0.5) is 0 Å². The molecular formula is C13H12N4O3. The molecule has 3 aromatic rings. The Bertz CT molecular complexity index is 742. The van der Waals surface area contributed by atoms with Gasteiger partial charge in [0.1, 0.15) is 12.1 Å². The third kappa shape index (κ3) is 2.03. The Morgan fingerprint density at radius 2 is 2.20 bits per heavy atom. The number of benzene rings is 1. The highest BCUT2D eigenvalue weighted by molar-refractivity contribution is 5.86. The third-order valence-electron chi connectivity index (χ3n) is 3.00. The molecule has 0 bridgehead atoms. The van der Waals surface area contributed by atoms with Crippen LogP contribution in [0.3, 0.4) is 0 Å². The van der Waals surface area contributed by atoms with Gasteiger partial charge in [-0.05, 0) is 18.6 Å². The Kier molecular flexibility index (Phi) is 2.94. The minimum Gasteiger partial charge on any atom is -0.476 e. The maximum absolute atomic E-state index is 11.0. The van der Waals surface area contributed by atoms with E-state index < -0.39 is 5.97 Å². The summed E-state index contributed by atoms with van der Waals surface area (Å²) < 4.78 is 7.10. The van der Waals surface area contributed by atoms with E-state index in [1.165, 1.54) is 4.68 Å². The number of aromatic nitrogens is 4. The first-order chi connectivity index (χ1) is 9.69. The van der Waals surface area contributed by atoms with Gasteiger partial charge in [-0.1, -0.05) is 24.3 Å². The zero-order valence-corrected chi connectivity index (χ0v) is 10.8. The van der Waals surface area contributed by atoms with E-state index in [1.807, 2.05) is 31.2 Å². The molecule has 1 N–H and O–H groups in total. The zero-order chi connectivity index (χ0) is 14.1. The highest BCUT2D eigenvalue weighted by atomic mass is 16.4. The van der Waals surface area contributed by atoms with Gasteiger partial charge in [0.15, 0.2) is 11.3 Å². The van der Waals surface area contributed by atoms with Crippen LogP contribution >= 0.6 is 0 Å². The molecule has 102 valence electrons. The van der Waals surface area contributed by atoms with Gasteiger partial charge in [0.2, 0.25) is 5.89 Å². The summed E-state index contributed by atoms with van der Waals surface area (Å²) in [4.78, 5) is 15.4. The molecule has 0 fully saturated rings. The largest absolute Gasteiger partial charge is 0.476 e. The SMILES string of the molecule is CCc1c(C(=O)O)nnn1Cc1nc2ccccc2o1. The number of nitrogens with zero attached hydrogens (tertiary/aromatic N) is 4. The average Bonchev–Trinajstić information content (AvgIpc) is 3.01. The fourth-order valence-electron chi connectivity index (χ4n) is 2.09. The van der Waals surface area contributed by atoms with Gasteiger partial charge in [-0.25, -0.2) is 14.5 Å². The molecule has 0 aliphatic carbocycles. The first-order valence-corrected chi connectivity index (χ1v) is 6.19. The minimum absolute atomic E-state index is 0.0244. The number of fused-ring (bicyclic) bond motifs is 1. The first kappa shape index (κ1) is 12.3. The number of hydrogen-bond donors (Lipinski definition) is 1. The molecule has 0 radical (unpaired) electrons. The lowest BCUT2D eigenvalue weighted by atomic mass is 10.2. The van der Waals surface area contributed by atoms with Gasteiger partial charge in [-0.2, -0.15) is 0 Å². The number of rotatable bonds is 4. The Labute approximate surface area is 113 Å². The molecule has 1 aromatic carbocycles. The quantitative estimate of drug-likeness (QED) is 0.777. The number of para-hydroxylation sites is 2. The normalized spacial score (nSPS) is 11.1. The molecule has 0 saturated heterocycles. The van der Waals surface area contributed by atoms with Gasteiger partial charge in [0.05, 0.1) is 5.69 Å². The molecule has 2 heterocycles. The van der Waals surface area contributed by atoms with Crippen molar-refractivity contribution in [1.82, 2.24) is 20.0 Å². The second-order valence-corrected chi connectivity index (χ2v) is 4.28. The van der Waals surface area contributed by atoms with Gasteiger partial charge < -0.3 is 9.52 Å². The Hall–Kier alpha value is -2.70. The van der Waals surface area contributed by atoms with E-state index in [2.05, 4.69) is 15.3 Å². The molecule has 20 heavy (non-hydrogen) atoms. The second kappa shape index (κ2) is 4.76. The molecule has 2 aromatic heterocycles. The van der Waals surface area contributed by atoms with Crippen LogP contribution in [-0.2, 0) is 13.0 Å². The van der Waals surface area contributed by atoms with Crippen LogP contribution in [0, 0.1) is 0 Å². The van der Waals surface area contributed by atoms with Crippen molar-refractivity contribution in [3.63, 3.8) is 0 Å². The van der Waals surface area contributed by atoms with Gasteiger partial charge >= 0.3 is 5.97 Å². The molecular weight excluding hydrogens is 260 g/mol. The molecule has 0 unspecified atom stereocenters. The molecule has 0 amide bonds. The van der Waals surface area contributed by atoms with Crippen LogP contribution in [0.25, 0.3) is 11.1 Å². The average molecular weight is 272 g/mol. The summed E-state index contributed by atoms with van der Waals surface area (Å²) in [7, 11) is 0. The minimum atomic E-state index is -1.08. The van der Waals surface area contributed by atoms with Crippen LogP contribution in [0.5, 0.6) is 0 Å². The summed E-state index contributed by atoms with van der Waals surface area (Å²) in [6.07, 6.45) is 0.523. The van der Waals surface area contributed by atoms with Crippen molar-refractivity contribution in [3.8, 4) is 0 Å². The molecule has 0 spiro atoms. The molecule has 0 aliphatic heterocycles. The highest BCUT2D eigenvalue weighted by Crippen LogP contribution is 2.16. The molecule has 7 heteroatoms. The Morgan fingerprint density at radius 3 is 2.90 bits per heavy atom. The van der Waals surface area contributed by atoms with Crippen LogP contribution in [0.2, 0.25) is 0 Å². The van der Waals surface area contributed by atoms with Crippen molar-refractivity contribution in [3.05, 3.63) is 41.5 Å². The summed E-state index contributed by atoms with van der Waals surface area (Å²) in [5, 5.41) is 16.6. The van der Waals surface area contributed by atoms with E-state index in [0.29, 0.717) is 23.6 Å². The van der Waals surface area contributed by atoms with E-state index in [1.54, 1.807) is 0 Å². The smallest absolute Gasteiger partial charge is 0.358 e. The molecule has 0 atom stereocenters. The number of hydrogen-bond acceptors (Lipinski definition) is 5. The van der Waals surface area contributed by atoms with Crippen molar-refractivity contribution < 1.29 is 14.3 Å². The number of carboxylic acid groups (broad SMARTS) is 1. The summed E-state index contributed by atoms with van der Waals surface area (Å²) in [6, 6.07) is 7.43. The van der Waals surface area contributed by atoms with Crippen LogP contribution in [0.1, 0.15) is 29.0 Å². The van der Waals surface area contributed by atoms with Crippen molar-refractivity contribution in [2.75, 3.05) is 0 Å². The summed E-state index contributed by atoms with van der Waals surface area (Å²) in [5.74, 6) is -0.603.